The summed E-state index contributed by atoms with van der Waals surface area (Å²) in [6, 6.07) is 18.7. The second-order valence-corrected chi connectivity index (χ2v) is 10.1. The van der Waals surface area contributed by atoms with E-state index < -0.39 is 0 Å². The van der Waals surface area contributed by atoms with E-state index in [0.29, 0.717) is 15.1 Å². The van der Waals surface area contributed by atoms with Crippen molar-refractivity contribution in [3.8, 4) is 0 Å². The summed E-state index contributed by atoms with van der Waals surface area (Å²) < 4.78 is 0.457. The highest BCUT2D eigenvalue weighted by atomic mass is 32.2. The van der Waals surface area contributed by atoms with Gasteiger partial charge in [-0.25, -0.2) is 0 Å². The molecule has 0 aromatic heterocycles. The van der Waals surface area contributed by atoms with Crippen LogP contribution in [-0.2, 0) is 22.4 Å². The maximum absolute atomic E-state index is 12.9. The summed E-state index contributed by atoms with van der Waals surface area (Å²) in [4.78, 5) is 29.7. The van der Waals surface area contributed by atoms with Crippen molar-refractivity contribution in [3.63, 3.8) is 0 Å². The highest BCUT2D eigenvalue weighted by Gasteiger charge is 2.35. The molecule has 2 amide bonds. The van der Waals surface area contributed by atoms with Crippen LogP contribution in [0.4, 0.5) is 0 Å². The Morgan fingerprint density at radius 1 is 1.06 bits per heavy atom. The summed E-state index contributed by atoms with van der Waals surface area (Å²) in [5.74, 6) is 0.403. The summed E-state index contributed by atoms with van der Waals surface area (Å²) in [5.41, 5.74) is 3.58. The van der Waals surface area contributed by atoms with Gasteiger partial charge in [0, 0.05) is 13.1 Å². The molecule has 2 aliphatic heterocycles. The molecule has 0 radical (unpaired) electrons. The van der Waals surface area contributed by atoms with Gasteiger partial charge in [0.05, 0.1) is 4.91 Å². The number of likely N-dealkylation sites (tertiary alicyclic amines) is 1. The van der Waals surface area contributed by atoms with E-state index in [1.54, 1.807) is 0 Å². The summed E-state index contributed by atoms with van der Waals surface area (Å²) in [7, 11) is 0. The number of carbonyl (C=O) groups excluding carboxylic acids is 2. The lowest BCUT2D eigenvalue weighted by Gasteiger charge is -2.33. The Labute approximate surface area is 199 Å². The quantitative estimate of drug-likeness (QED) is 0.449. The van der Waals surface area contributed by atoms with Gasteiger partial charge in [-0.3, -0.25) is 14.5 Å². The predicted octanol–water partition coefficient (Wildman–Crippen LogP) is 4.93. The Balaban J connectivity index is 1.31. The zero-order chi connectivity index (χ0) is 22.5. The minimum atomic E-state index is -0.174. The molecule has 0 atom stereocenters. The van der Waals surface area contributed by atoms with Crippen LogP contribution in [0.3, 0.4) is 0 Å². The Hall–Kier alpha value is -2.44. The SMILES string of the molecule is CCc1ccc(/C=C2\SC(=S)N(CC(=O)N3CCC(Cc4ccccc4)CC3)C2=O)cc1. The molecule has 0 N–H and O–H groups in total. The zero-order valence-electron chi connectivity index (χ0n) is 18.3. The van der Waals surface area contributed by atoms with E-state index in [1.165, 1.54) is 27.8 Å². The van der Waals surface area contributed by atoms with Crippen molar-refractivity contribution >= 4 is 46.2 Å². The molecular formula is C26H28N2O2S2. The van der Waals surface area contributed by atoms with E-state index in [4.69, 9.17) is 12.2 Å². The van der Waals surface area contributed by atoms with Crippen LogP contribution in [0, 0.1) is 5.92 Å². The second-order valence-electron chi connectivity index (χ2n) is 8.38. The lowest BCUT2D eigenvalue weighted by Crippen LogP contribution is -2.45. The number of piperidine rings is 1. The van der Waals surface area contributed by atoms with Crippen molar-refractivity contribution in [2.24, 2.45) is 5.92 Å². The number of benzene rings is 2. The third-order valence-corrected chi connectivity index (χ3v) is 7.56. The van der Waals surface area contributed by atoms with Crippen molar-refractivity contribution in [1.29, 1.82) is 0 Å². The number of carbonyl (C=O) groups is 2. The fourth-order valence-electron chi connectivity index (χ4n) is 4.21. The molecule has 2 aromatic rings. The van der Waals surface area contributed by atoms with Crippen LogP contribution in [0.2, 0.25) is 0 Å². The Kier molecular flexibility index (Phi) is 7.43. The maximum Gasteiger partial charge on any atom is 0.266 e. The normalized spacial score (nSPS) is 18.6. The van der Waals surface area contributed by atoms with Gasteiger partial charge in [-0.15, -0.1) is 0 Å². The molecule has 4 rings (SSSR count). The van der Waals surface area contributed by atoms with Crippen LogP contribution >= 0.6 is 24.0 Å². The fourth-order valence-corrected chi connectivity index (χ4v) is 5.46. The Morgan fingerprint density at radius 2 is 1.75 bits per heavy atom. The van der Waals surface area contributed by atoms with Crippen molar-refractivity contribution in [1.82, 2.24) is 9.80 Å². The fraction of sp³-hybridized carbons (Fsp3) is 0.346. The van der Waals surface area contributed by atoms with Gasteiger partial charge in [0.2, 0.25) is 5.91 Å². The summed E-state index contributed by atoms with van der Waals surface area (Å²) in [6.45, 7) is 3.62. The van der Waals surface area contributed by atoms with E-state index in [0.717, 1.165) is 44.3 Å². The van der Waals surface area contributed by atoms with E-state index >= 15 is 0 Å². The van der Waals surface area contributed by atoms with Crippen LogP contribution in [-0.4, -0.2) is 45.6 Å². The molecule has 0 unspecified atom stereocenters. The largest absolute Gasteiger partial charge is 0.341 e. The molecule has 32 heavy (non-hydrogen) atoms. The molecular weight excluding hydrogens is 436 g/mol. The Bertz CT molecular complexity index is 1010. The van der Waals surface area contributed by atoms with E-state index in [-0.39, 0.29) is 18.4 Å². The lowest BCUT2D eigenvalue weighted by molar-refractivity contribution is -0.136. The summed E-state index contributed by atoms with van der Waals surface area (Å²) in [5, 5.41) is 0. The van der Waals surface area contributed by atoms with Crippen LogP contribution in [0.1, 0.15) is 36.5 Å². The average Bonchev–Trinajstić information content (AvgIpc) is 3.08. The number of hydrogen-bond donors (Lipinski definition) is 0. The third kappa shape index (κ3) is 5.48. The minimum Gasteiger partial charge on any atom is -0.341 e. The van der Waals surface area contributed by atoms with Gasteiger partial charge in [-0.1, -0.05) is 85.5 Å². The molecule has 6 heteroatoms. The molecule has 2 saturated heterocycles. The first-order chi connectivity index (χ1) is 15.5. The van der Waals surface area contributed by atoms with Gasteiger partial charge in [0.1, 0.15) is 10.9 Å². The smallest absolute Gasteiger partial charge is 0.266 e. The zero-order valence-corrected chi connectivity index (χ0v) is 20.0. The average molecular weight is 465 g/mol. The first kappa shape index (κ1) is 22.7. The van der Waals surface area contributed by atoms with Gasteiger partial charge < -0.3 is 4.90 Å². The van der Waals surface area contributed by atoms with E-state index in [2.05, 4.69) is 43.3 Å². The van der Waals surface area contributed by atoms with Gasteiger partial charge in [-0.2, -0.15) is 0 Å². The summed E-state index contributed by atoms with van der Waals surface area (Å²) in [6.07, 6.45) is 5.88. The number of nitrogens with zero attached hydrogens (tertiary/aromatic N) is 2. The first-order valence-corrected chi connectivity index (χ1v) is 12.4. The van der Waals surface area contributed by atoms with E-state index in [1.807, 2.05) is 29.2 Å². The van der Waals surface area contributed by atoms with Gasteiger partial charge in [0.25, 0.3) is 5.91 Å². The predicted molar refractivity (Wildman–Crippen MR) is 135 cm³/mol. The number of hydrogen-bond acceptors (Lipinski definition) is 4. The van der Waals surface area contributed by atoms with E-state index in [9.17, 15) is 9.59 Å². The highest BCUT2D eigenvalue weighted by molar-refractivity contribution is 8.26. The van der Waals surface area contributed by atoms with Gasteiger partial charge >= 0.3 is 0 Å². The molecule has 0 spiro atoms. The molecule has 0 saturated carbocycles. The minimum absolute atomic E-state index is 0.0204. The van der Waals surface area contributed by atoms with Crippen molar-refractivity contribution in [2.75, 3.05) is 19.6 Å². The molecule has 166 valence electrons. The maximum atomic E-state index is 12.9. The topological polar surface area (TPSA) is 40.6 Å². The number of aryl methyl sites for hydroxylation is 1. The van der Waals surface area contributed by atoms with Crippen molar-refractivity contribution in [2.45, 2.75) is 32.6 Å². The molecule has 0 aliphatic carbocycles. The number of thioether (sulfide) groups is 1. The van der Waals surface area contributed by atoms with Crippen LogP contribution < -0.4 is 0 Å². The number of thiocarbonyl (C=S) groups is 1. The molecule has 2 aromatic carbocycles. The van der Waals surface area contributed by atoms with Gasteiger partial charge in [0.15, 0.2) is 0 Å². The molecule has 2 aliphatic rings. The van der Waals surface area contributed by atoms with Gasteiger partial charge in [-0.05, 0) is 54.4 Å². The monoisotopic (exact) mass is 464 g/mol. The van der Waals surface area contributed by atoms with Crippen LogP contribution in [0.5, 0.6) is 0 Å². The standard InChI is InChI=1S/C26H28N2O2S2/c1-2-19-8-10-21(11-9-19)17-23-25(30)28(26(31)32-23)18-24(29)27-14-12-22(13-15-27)16-20-6-4-3-5-7-20/h3-11,17,22H,2,12-16,18H2,1H3/b23-17-. The van der Waals surface area contributed by atoms with Crippen molar-refractivity contribution < 1.29 is 9.59 Å². The molecule has 2 heterocycles. The third-order valence-electron chi connectivity index (χ3n) is 6.19. The Morgan fingerprint density at radius 3 is 2.41 bits per heavy atom. The highest BCUT2D eigenvalue weighted by Crippen LogP contribution is 2.33. The molecule has 4 nitrogen and oxygen atoms in total. The van der Waals surface area contributed by atoms with Crippen molar-refractivity contribution in [3.05, 3.63) is 76.2 Å². The first-order valence-electron chi connectivity index (χ1n) is 11.2. The second kappa shape index (κ2) is 10.5. The molecule has 2 fully saturated rings. The lowest BCUT2D eigenvalue weighted by atomic mass is 9.90. The van der Waals surface area contributed by atoms with Crippen LogP contribution in [0.15, 0.2) is 59.5 Å². The molecule has 0 bridgehead atoms. The number of amides is 2. The van der Waals surface area contributed by atoms with Crippen LogP contribution in [0.25, 0.3) is 6.08 Å². The number of rotatable bonds is 6. The summed E-state index contributed by atoms with van der Waals surface area (Å²) >= 11 is 6.69.